The van der Waals surface area contributed by atoms with Crippen LogP contribution in [0.2, 0.25) is 5.15 Å². The zero-order valence-corrected chi connectivity index (χ0v) is 12.2. The molecule has 0 spiro atoms. The van der Waals surface area contributed by atoms with Crippen LogP contribution in [-0.4, -0.2) is 40.4 Å². The fourth-order valence-electron chi connectivity index (χ4n) is 1.42. The highest BCUT2D eigenvalue weighted by Crippen LogP contribution is 2.19. The van der Waals surface area contributed by atoms with Gasteiger partial charge in [-0.1, -0.05) is 11.6 Å². The van der Waals surface area contributed by atoms with Crippen molar-refractivity contribution in [1.29, 1.82) is 0 Å². The molecule has 0 aromatic carbocycles. The van der Waals surface area contributed by atoms with Crippen molar-refractivity contribution in [1.82, 2.24) is 14.9 Å². The first-order chi connectivity index (χ1) is 8.36. The van der Waals surface area contributed by atoms with Crippen molar-refractivity contribution in [2.24, 2.45) is 0 Å². The van der Waals surface area contributed by atoms with Crippen LogP contribution in [0.4, 0.5) is 5.82 Å². The highest BCUT2D eigenvalue weighted by molar-refractivity contribution is 6.31. The van der Waals surface area contributed by atoms with Gasteiger partial charge in [-0.3, -0.25) is 4.79 Å². The fourth-order valence-corrected chi connectivity index (χ4v) is 1.64. The maximum Gasteiger partial charge on any atom is 0.244 e. The van der Waals surface area contributed by atoms with Crippen LogP contribution < -0.4 is 5.32 Å². The van der Waals surface area contributed by atoms with Crippen LogP contribution in [0.1, 0.15) is 25.2 Å². The maximum absolute atomic E-state index is 11.9. The number of carbonyl (C=O) groups is 1. The molecule has 100 valence electrons. The zero-order valence-electron chi connectivity index (χ0n) is 11.4. The quantitative estimate of drug-likeness (QED) is 0.909. The van der Waals surface area contributed by atoms with Crippen LogP contribution >= 0.6 is 11.6 Å². The molecule has 0 saturated heterocycles. The van der Waals surface area contributed by atoms with Crippen LogP contribution in [0.25, 0.3) is 0 Å². The van der Waals surface area contributed by atoms with Crippen LogP contribution in [-0.2, 0) is 4.79 Å². The number of hydrogen-bond acceptors (Lipinski definition) is 4. The van der Waals surface area contributed by atoms with E-state index in [0.717, 1.165) is 11.4 Å². The second-order valence-electron chi connectivity index (χ2n) is 4.25. The van der Waals surface area contributed by atoms with E-state index in [0.29, 0.717) is 12.4 Å². The highest BCUT2D eigenvalue weighted by atomic mass is 35.5. The van der Waals surface area contributed by atoms with Gasteiger partial charge in [0.2, 0.25) is 5.91 Å². The summed E-state index contributed by atoms with van der Waals surface area (Å²) in [5, 5.41) is 3.29. The summed E-state index contributed by atoms with van der Waals surface area (Å²) in [4.78, 5) is 22.0. The number of likely N-dealkylation sites (N-methyl/N-ethyl adjacent to an activating group) is 1. The topological polar surface area (TPSA) is 58.1 Å². The maximum atomic E-state index is 11.9. The molecule has 0 saturated carbocycles. The number of halogens is 1. The molecular weight excluding hydrogens is 252 g/mol. The summed E-state index contributed by atoms with van der Waals surface area (Å²) in [6, 6.07) is -0.385. The lowest BCUT2D eigenvalue weighted by Crippen LogP contribution is -2.39. The fraction of sp³-hybridized carbons (Fsp3) is 0.583. The molecule has 18 heavy (non-hydrogen) atoms. The lowest BCUT2D eigenvalue weighted by molar-refractivity contribution is -0.130. The molecule has 1 amide bonds. The van der Waals surface area contributed by atoms with Crippen LogP contribution in [0.5, 0.6) is 0 Å². The summed E-state index contributed by atoms with van der Waals surface area (Å²) in [6.07, 6.45) is 0. The zero-order chi connectivity index (χ0) is 13.9. The lowest BCUT2D eigenvalue weighted by atomic mass is 10.3. The Morgan fingerprint density at radius 2 is 1.94 bits per heavy atom. The largest absolute Gasteiger partial charge is 0.356 e. The van der Waals surface area contributed by atoms with Gasteiger partial charge in [0.25, 0.3) is 0 Å². The van der Waals surface area contributed by atoms with Gasteiger partial charge in [-0.25, -0.2) is 9.97 Å². The predicted molar refractivity (Wildman–Crippen MR) is 72.9 cm³/mol. The van der Waals surface area contributed by atoms with E-state index in [2.05, 4.69) is 15.3 Å². The summed E-state index contributed by atoms with van der Waals surface area (Å²) in [5.41, 5.74) is 1.58. The van der Waals surface area contributed by atoms with E-state index in [4.69, 9.17) is 11.6 Å². The molecular formula is C12H19ClN4O. The molecule has 1 aromatic heterocycles. The van der Waals surface area contributed by atoms with Gasteiger partial charge in [0.05, 0.1) is 11.4 Å². The summed E-state index contributed by atoms with van der Waals surface area (Å²) >= 11 is 6.00. The number of anilines is 1. The minimum absolute atomic E-state index is 0.00593. The van der Waals surface area contributed by atoms with Gasteiger partial charge in [0, 0.05) is 13.6 Å². The van der Waals surface area contributed by atoms with E-state index in [-0.39, 0.29) is 17.1 Å². The summed E-state index contributed by atoms with van der Waals surface area (Å²) < 4.78 is 0. The Balaban J connectivity index is 2.85. The average Bonchev–Trinajstić information content (AvgIpc) is 2.33. The lowest BCUT2D eigenvalue weighted by Gasteiger charge is -2.21. The summed E-state index contributed by atoms with van der Waals surface area (Å²) in [6.45, 7) is 8.07. The number of carbonyl (C=O) groups excluding carboxylic acids is 1. The Morgan fingerprint density at radius 1 is 1.39 bits per heavy atom. The molecule has 0 bridgehead atoms. The number of aryl methyl sites for hydroxylation is 2. The highest BCUT2D eigenvalue weighted by Gasteiger charge is 2.18. The van der Waals surface area contributed by atoms with Crippen LogP contribution in [0, 0.1) is 13.8 Å². The van der Waals surface area contributed by atoms with Gasteiger partial charge in [0.1, 0.15) is 6.04 Å². The van der Waals surface area contributed by atoms with Gasteiger partial charge in [-0.15, -0.1) is 0 Å². The Kier molecular flexibility index (Phi) is 4.90. The summed E-state index contributed by atoms with van der Waals surface area (Å²) in [7, 11) is 1.76. The van der Waals surface area contributed by atoms with Crippen LogP contribution in [0.15, 0.2) is 0 Å². The van der Waals surface area contributed by atoms with Crippen molar-refractivity contribution in [3.8, 4) is 0 Å². The molecule has 1 unspecified atom stereocenters. The van der Waals surface area contributed by atoms with Crippen molar-refractivity contribution in [3.05, 3.63) is 16.5 Å². The van der Waals surface area contributed by atoms with Crippen LogP contribution in [0.3, 0.4) is 0 Å². The van der Waals surface area contributed by atoms with Crippen molar-refractivity contribution in [2.45, 2.75) is 33.7 Å². The number of hydrogen-bond donors (Lipinski definition) is 1. The molecule has 1 atom stereocenters. The third kappa shape index (κ3) is 3.32. The van der Waals surface area contributed by atoms with Gasteiger partial charge >= 0.3 is 0 Å². The Hall–Kier alpha value is -1.36. The molecule has 1 heterocycles. The van der Waals surface area contributed by atoms with E-state index >= 15 is 0 Å². The molecule has 0 aliphatic heterocycles. The molecule has 0 fully saturated rings. The number of amides is 1. The van der Waals surface area contributed by atoms with E-state index in [1.165, 1.54) is 0 Å². The van der Waals surface area contributed by atoms with E-state index in [1.54, 1.807) is 18.9 Å². The first-order valence-corrected chi connectivity index (χ1v) is 6.26. The minimum Gasteiger partial charge on any atom is -0.356 e. The van der Waals surface area contributed by atoms with Crippen molar-refractivity contribution in [3.63, 3.8) is 0 Å². The number of aromatic nitrogens is 2. The molecule has 5 nitrogen and oxygen atoms in total. The second kappa shape index (κ2) is 6.00. The first kappa shape index (κ1) is 14.7. The first-order valence-electron chi connectivity index (χ1n) is 5.89. The Morgan fingerprint density at radius 3 is 2.50 bits per heavy atom. The van der Waals surface area contributed by atoms with Gasteiger partial charge < -0.3 is 10.2 Å². The second-order valence-corrected chi connectivity index (χ2v) is 4.61. The molecule has 0 radical (unpaired) electrons. The molecule has 0 aliphatic carbocycles. The predicted octanol–water partition coefficient (Wildman–Crippen LogP) is 2.03. The van der Waals surface area contributed by atoms with E-state index < -0.39 is 0 Å². The molecule has 1 N–H and O–H groups in total. The van der Waals surface area contributed by atoms with Crippen molar-refractivity contribution in [2.75, 3.05) is 18.9 Å². The number of rotatable bonds is 4. The summed E-state index contributed by atoms with van der Waals surface area (Å²) in [5.74, 6) is 0.443. The Bertz CT molecular complexity index is 450. The SMILES string of the molecule is CCN(C)C(=O)C(C)Nc1nc(C)c(C)nc1Cl. The van der Waals surface area contributed by atoms with Gasteiger partial charge in [-0.05, 0) is 27.7 Å². The number of nitrogens with one attached hydrogen (secondary N) is 1. The third-order valence-corrected chi connectivity index (χ3v) is 3.10. The van der Waals surface area contributed by atoms with E-state index in [9.17, 15) is 4.79 Å². The molecule has 1 rings (SSSR count). The third-order valence-electron chi connectivity index (χ3n) is 2.84. The minimum atomic E-state index is -0.385. The normalized spacial score (nSPS) is 12.1. The smallest absolute Gasteiger partial charge is 0.244 e. The monoisotopic (exact) mass is 270 g/mol. The molecule has 6 heteroatoms. The van der Waals surface area contributed by atoms with Crippen molar-refractivity contribution >= 4 is 23.3 Å². The van der Waals surface area contributed by atoms with Gasteiger partial charge in [0.15, 0.2) is 11.0 Å². The van der Waals surface area contributed by atoms with E-state index in [1.807, 2.05) is 20.8 Å². The molecule has 1 aromatic rings. The molecule has 0 aliphatic rings. The Labute approximate surface area is 113 Å². The average molecular weight is 271 g/mol. The van der Waals surface area contributed by atoms with Crippen molar-refractivity contribution < 1.29 is 4.79 Å². The van der Waals surface area contributed by atoms with Gasteiger partial charge in [-0.2, -0.15) is 0 Å². The number of nitrogens with zero attached hydrogens (tertiary/aromatic N) is 3. The standard InChI is InChI=1S/C12H19ClN4O/c1-6-17(5)12(18)9(4)16-11-10(13)14-7(2)8(3)15-11/h9H,6H2,1-5H3,(H,15,16).